The molecule has 1 aromatic rings. The number of anilines is 1. The van der Waals surface area contributed by atoms with E-state index in [9.17, 15) is 14.4 Å². The molecule has 0 unspecified atom stereocenters. The molecule has 0 aromatic heterocycles. The lowest BCUT2D eigenvalue weighted by atomic mass is 10.0. The van der Waals surface area contributed by atoms with E-state index in [1.807, 2.05) is 30.1 Å². The van der Waals surface area contributed by atoms with Gasteiger partial charge >= 0.3 is 6.09 Å². The summed E-state index contributed by atoms with van der Waals surface area (Å²) in [5.74, 6) is 0. The molecule has 0 aliphatic carbocycles. The number of carbonyl (C=O) groups is 3. The lowest BCUT2D eigenvalue weighted by Gasteiger charge is -2.36. The zero-order valence-electron chi connectivity index (χ0n) is 14.5. The molecule has 25 heavy (non-hydrogen) atoms. The van der Waals surface area contributed by atoms with Crippen molar-refractivity contribution in [3.8, 4) is 0 Å². The summed E-state index contributed by atoms with van der Waals surface area (Å²) >= 11 is 0. The van der Waals surface area contributed by atoms with Gasteiger partial charge < -0.3 is 19.9 Å². The second kappa shape index (κ2) is 9.66. The van der Waals surface area contributed by atoms with E-state index >= 15 is 0 Å². The van der Waals surface area contributed by atoms with Gasteiger partial charge in [0.1, 0.15) is 6.61 Å². The van der Waals surface area contributed by atoms with Gasteiger partial charge in [-0.3, -0.25) is 9.59 Å². The predicted molar refractivity (Wildman–Crippen MR) is 94.5 cm³/mol. The first-order valence-corrected chi connectivity index (χ1v) is 8.51. The Morgan fingerprint density at radius 3 is 2.68 bits per heavy atom. The van der Waals surface area contributed by atoms with Gasteiger partial charge in [-0.05, 0) is 30.9 Å². The second-order valence-electron chi connectivity index (χ2n) is 5.96. The summed E-state index contributed by atoms with van der Waals surface area (Å²) < 4.78 is 4.81. The van der Waals surface area contributed by atoms with Crippen LogP contribution in [0.1, 0.15) is 18.4 Å². The Bertz CT molecular complexity index is 585. The van der Waals surface area contributed by atoms with Crippen LogP contribution in [0.5, 0.6) is 0 Å². The van der Waals surface area contributed by atoms with Crippen molar-refractivity contribution >= 4 is 24.5 Å². The van der Waals surface area contributed by atoms with Crippen LogP contribution in [0, 0.1) is 0 Å². The molecular formula is C18H25N3O4. The van der Waals surface area contributed by atoms with E-state index in [0.29, 0.717) is 38.8 Å². The molecule has 1 saturated heterocycles. The topological polar surface area (TPSA) is 79.0 Å². The highest BCUT2D eigenvalue weighted by Gasteiger charge is 2.27. The van der Waals surface area contributed by atoms with Gasteiger partial charge in [0.15, 0.2) is 6.29 Å². The highest BCUT2D eigenvalue weighted by Crippen LogP contribution is 2.19. The summed E-state index contributed by atoms with van der Waals surface area (Å²) in [5.41, 5.74) is 2.24. The van der Waals surface area contributed by atoms with E-state index in [1.165, 1.54) is 5.56 Å². The van der Waals surface area contributed by atoms with Crippen molar-refractivity contribution in [1.29, 1.82) is 0 Å². The quantitative estimate of drug-likeness (QED) is 0.722. The molecule has 0 bridgehead atoms. The maximum absolute atomic E-state index is 11.7. The number of hydrogen-bond acceptors (Lipinski definition) is 5. The number of rotatable bonds is 8. The maximum Gasteiger partial charge on any atom is 0.410 e. The van der Waals surface area contributed by atoms with Crippen molar-refractivity contribution in [3.05, 3.63) is 29.8 Å². The largest absolute Gasteiger partial charge is 0.442 e. The number of hydrogen-bond donors (Lipinski definition) is 1. The van der Waals surface area contributed by atoms with Gasteiger partial charge in [0.05, 0.1) is 0 Å². The Kier molecular flexibility index (Phi) is 7.25. The first kappa shape index (κ1) is 18.8. The number of ether oxygens (including phenoxy) is 1. The number of aldehydes is 1. The Balaban J connectivity index is 1.84. The summed E-state index contributed by atoms with van der Waals surface area (Å²) in [7, 11) is 1.88. The van der Waals surface area contributed by atoms with Gasteiger partial charge in [-0.2, -0.15) is 0 Å². The first-order valence-electron chi connectivity index (χ1n) is 8.51. The van der Waals surface area contributed by atoms with Crippen molar-refractivity contribution in [2.24, 2.45) is 0 Å². The van der Waals surface area contributed by atoms with Crippen LogP contribution in [0.15, 0.2) is 24.3 Å². The monoisotopic (exact) mass is 347 g/mol. The number of benzene rings is 1. The average Bonchev–Trinajstić information content (AvgIpc) is 2.67. The average molecular weight is 347 g/mol. The van der Waals surface area contributed by atoms with E-state index in [1.54, 1.807) is 4.90 Å². The molecule has 0 atom stereocenters. The van der Waals surface area contributed by atoms with E-state index in [2.05, 4.69) is 11.4 Å². The Morgan fingerprint density at radius 1 is 1.32 bits per heavy atom. The fourth-order valence-corrected chi connectivity index (χ4v) is 3.13. The summed E-state index contributed by atoms with van der Waals surface area (Å²) in [5, 5.41) is 3.16. The fourth-order valence-electron chi connectivity index (χ4n) is 3.13. The summed E-state index contributed by atoms with van der Waals surface area (Å²) in [4.78, 5) is 36.9. The molecular weight excluding hydrogens is 322 g/mol. The van der Waals surface area contributed by atoms with E-state index in [0.717, 1.165) is 18.5 Å². The maximum atomic E-state index is 11.7. The minimum atomic E-state index is -0.467. The van der Waals surface area contributed by atoms with Gasteiger partial charge in [0, 0.05) is 38.4 Å². The molecule has 0 radical (unpaired) electrons. The van der Waals surface area contributed by atoms with Crippen LogP contribution < -0.4 is 5.32 Å². The smallest absolute Gasteiger partial charge is 0.410 e. The molecule has 1 aliphatic heterocycles. The van der Waals surface area contributed by atoms with E-state index in [4.69, 9.17) is 4.74 Å². The molecule has 7 nitrogen and oxygen atoms in total. The number of nitrogens with one attached hydrogen (secondary N) is 1. The third kappa shape index (κ3) is 5.20. The number of amides is 2. The molecule has 1 N–H and O–H groups in total. The zero-order chi connectivity index (χ0) is 18.1. The number of likely N-dealkylation sites (tertiary alicyclic amines) is 1. The second-order valence-corrected chi connectivity index (χ2v) is 5.96. The molecule has 0 spiro atoms. The van der Waals surface area contributed by atoms with E-state index < -0.39 is 6.09 Å². The molecule has 1 aliphatic rings. The number of carbonyl (C=O) groups excluding carboxylic acids is 3. The van der Waals surface area contributed by atoms with Crippen molar-refractivity contribution < 1.29 is 19.1 Å². The Hall–Kier alpha value is -2.57. The molecule has 0 saturated carbocycles. The highest BCUT2D eigenvalue weighted by molar-refractivity contribution is 5.69. The summed E-state index contributed by atoms with van der Waals surface area (Å²) in [6.07, 6.45) is 3.18. The van der Waals surface area contributed by atoms with Crippen LogP contribution in [0.3, 0.4) is 0 Å². The molecule has 7 heteroatoms. The third-order valence-corrected chi connectivity index (χ3v) is 4.53. The van der Waals surface area contributed by atoms with Crippen molar-refractivity contribution in [3.63, 3.8) is 0 Å². The van der Waals surface area contributed by atoms with Gasteiger partial charge in [0.2, 0.25) is 6.41 Å². The molecule has 2 amide bonds. The zero-order valence-corrected chi connectivity index (χ0v) is 14.5. The van der Waals surface area contributed by atoms with Gasteiger partial charge in [0.25, 0.3) is 0 Å². The highest BCUT2D eigenvalue weighted by atomic mass is 16.6. The van der Waals surface area contributed by atoms with Gasteiger partial charge in [-0.15, -0.1) is 0 Å². The van der Waals surface area contributed by atoms with Crippen LogP contribution in [0.2, 0.25) is 0 Å². The standard InChI is InChI=1S/C18H25N3O4/c1-19-17-5-3-2-4-15(17)6-9-21(14-23)16-7-10-20(11-8-16)18(24)25-13-12-22/h2-5,12,14,16,19H,6-11,13H2,1H3. The van der Waals surface area contributed by atoms with Crippen molar-refractivity contribution in [2.75, 3.05) is 38.6 Å². The lowest BCUT2D eigenvalue weighted by molar-refractivity contribution is -0.121. The van der Waals surface area contributed by atoms with Crippen LogP contribution >= 0.6 is 0 Å². The van der Waals surface area contributed by atoms with Crippen LogP contribution in [0.25, 0.3) is 0 Å². The molecule has 2 rings (SSSR count). The predicted octanol–water partition coefficient (Wildman–Crippen LogP) is 1.53. The minimum Gasteiger partial charge on any atom is -0.442 e. The molecule has 1 fully saturated rings. The Morgan fingerprint density at radius 2 is 2.04 bits per heavy atom. The number of piperidine rings is 1. The Labute approximate surface area is 147 Å². The summed E-state index contributed by atoms with van der Waals surface area (Å²) in [6.45, 7) is 1.48. The molecule has 136 valence electrons. The molecule has 1 heterocycles. The first-order chi connectivity index (χ1) is 12.2. The number of para-hydroxylation sites is 1. The molecule has 1 aromatic carbocycles. The van der Waals surface area contributed by atoms with Gasteiger partial charge in [-0.25, -0.2) is 4.79 Å². The summed E-state index contributed by atoms with van der Waals surface area (Å²) in [6, 6.07) is 8.16. The fraction of sp³-hybridized carbons (Fsp3) is 0.500. The SMILES string of the molecule is CNc1ccccc1CCN(C=O)C1CCN(C(=O)OCC=O)CC1. The van der Waals surface area contributed by atoms with Crippen LogP contribution in [-0.2, 0) is 20.7 Å². The van der Waals surface area contributed by atoms with Gasteiger partial charge in [-0.1, -0.05) is 18.2 Å². The van der Waals surface area contributed by atoms with Crippen molar-refractivity contribution in [1.82, 2.24) is 9.80 Å². The number of nitrogens with zero attached hydrogens (tertiary/aromatic N) is 2. The lowest BCUT2D eigenvalue weighted by Crippen LogP contribution is -2.47. The van der Waals surface area contributed by atoms with E-state index in [-0.39, 0.29) is 12.6 Å². The minimum absolute atomic E-state index is 0.120. The van der Waals surface area contributed by atoms with Crippen LogP contribution in [0.4, 0.5) is 10.5 Å². The third-order valence-electron chi connectivity index (χ3n) is 4.53. The van der Waals surface area contributed by atoms with Crippen LogP contribution in [-0.4, -0.2) is 67.9 Å². The van der Waals surface area contributed by atoms with Crippen molar-refractivity contribution in [2.45, 2.75) is 25.3 Å². The normalized spacial score (nSPS) is 14.7.